The van der Waals surface area contributed by atoms with Crippen molar-refractivity contribution in [3.8, 4) is 5.75 Å². The van der Waals surface area contributed by atoms with E-state index in [9.17, 15) is 9.59 Å². The van der Waals surface area contributed by atoms with Crippen LogP contribution in [0.3, 0.4) is 0 Å². The Bertz CT molecular complexity index is 888. The summed E-state index contributed by atoms with van der Waals surface area (Å²) in [7, 11) is 1.61. The van der Waals surface area contributed by atoms with Crippen LogP contribution in [-0.4, -0.2) is 19.0 Å². The molecule has 0 aliphatic rings. The van der Waals surface area contributed by atoms with E-state index in [4.69, 9.17) is 9.15 Å². The minimum Gasteiger partial charge on any atom is -0.497 e. The fraction of sp³-hybridized carbons (Fsp3) is 0.100. The SMILES string of the molecule is COc1ccc(CNC(=O)Nc2ccc(NC(=O)c3ccco3)cc2)cc1. The molecule has 0 atom stereocenters. The summed E-state index contributed by atoms with van der Waals surface area (Å²) in [6.45, 7) is 0.396. The van der Waals surface area contributed by atoms with E-state index < -0.39 is 0 Å². The Balaban J connectivity index is 1.48. The molecule has 3 rings (SSSR count). The van der Waals surface area contributed by atoms with Crippen molar-refractivity contribution < 1.29 is 18.7 Å². The lowest BCUT2D eigenvalue weighted by atomic mass is 10.2. The number of nitrogens with one attached hydrogen (secondary N) is 3. The number of carbonyl (C=O) groups is 2. The van der Waals surface area contributed by atoms with Crippen LogP contribution in [0.15, 0.2) is 71.3 Å². The fourth-order valence-corrected chi connectivity index (χ4v) is 2.34. The number of anilines is 2. The van der Waals surface area contributed by atoms with Crippen molar-refractivity contribution >= 4 is 23.3 Å². The predicted octanol–water partition coefficient (Wildman–Crippen LogP) is 3.86. The third kappa shape index (κ3) is 5.12. The summed E-state index contributed by atoms with van der Waals surface area (Å²) in [6.07, 6.45) is 1.44. The van der Waals surface area contributed by atoms with E-state index in [-0.39, 0.29) is 17.7 Å². The van der Waals surface area contributed by atoms with E-state index in [1.807, 2.05) is 24.3 Å². The molecule has 0 spiro atoms. The number of methoxy groups -OCH3 is 1. The van der Waals surface area contributed by atoms with Crippen LogP contribution in [0, 0.1) is 0 Å². The summed E-state index contributed by atoms with van der Waals surface area (Å²) in [5, 5.41) is 8.22. The summed E-state index contributed by atoms with van der Waals surface area (Å²) in [5.74, 6) is 0.662. The topological polar surface area (TPSA) is 92.6 Å². The number of rotatable bonds is 6. The van der Waals surface area contributed by atoms with Gasteiger partial charge in [-0.05, 0) is 54.1 Å². The minimum absolute atomic E-state index is 0.232. The van der Waals surface area contributed by atoms with Crippen LogP contribution < -0.4 is 20.7 Å². The number of urea groups is 1. The first-order chi connectivity index (χ1) is 13.1. The zero-order valence-electron chi connectivity index (χ0n) is 14.7. The van der Waals surface area contributed by atoms with Gasteiger partial charge < -0.3 is 25.1 Å². The molecule has 3 aromatic rings. The highest BCUT2D eigenvalue weighted by atomic mass is 16.5. The predicted molar refractivity (Wildman–Crippen MR) is 102 cm³/mol. The van der Waals surface area contributed by atoms with Crippen LogP contribution in [0.5, 0.6) is 5.75 Å². The van der Waals surface area contributed by atoms with Crippen molar-refractivity contribution in [1.29, 1.82) is 0 Å². The van der Waals surface area contributed by atoms with E-state index in [1.165, 1.54) is 6.26 Å². The molecule has 3 amide bonds. The van der Waals surface area contributed by atoms with Crippen LogP contribution in [0.25, 0.3) is 0 Å². The molecule has 1 heterocycles. The molecular formula is C20H19N3O4. The van der Waals surface area contributed by atoms with E-state index in [1.54, 1.807) is 43.5 Å². The second-order valence-electron chi connectivity index (χ2n) is 5.66. The largest absolute Gasteiger partial charge is 0.497 e. The maximum absolute atomic E-state index is 12.0. The summed E-state index contributed by atoms with van der Waals surface area (Å²) in [6, 6.07) is 17.1. The molecule has 0 bridgehead atoms. The molecule has 0 aliphatic heterocycles. The van der Waals surface area contributed by atoms with Crippen molar-refractivity contribution in [2.75, 3.05) is 17.7 Å². The average molecular weight is 365 g/mol. The van der Waals surface area contributed by atoms with Crippen molar-refractivity contribution in [3.63, 3.8) is 0 Å². The van der Waals surface area contributed by atoms with Gasteiger partial charge in [-0.15, -0.1) is 0 Å². The van der Waals surface area contributed by atoms with Gasteiger partial charge in [-0.25, -0.2) is 4.79 Å². The Morgan fingerprint density at radius 2 is 1.59 bits per heavy atom. The summed E-state index contributed by atoms with van der Waals surface area (Å²) in [4.78, 5) is 23.9. The first-order valence-electron chi connectivity index (χ1n) is 8.27. The fourth-order valence-electron chi connectivity index (χ4n) is 2.34. The Morgan fingerprint density at radius 3 is 2.19 bits per heavy atom. The lowest BCUT2D eigenvalue weighted by molar-refractivity contribution is 0.0996. The molecule has 27 heavy (non-hydrogen) atoms. The highest BCUT2D eigenvalue weighted by Gasteiger charge is 2.08. The van der Waals surface area contributed by atoms with Gasteiger partial charge in [-0.3, -0.25) is 4.79 Å². The molecule has 0 fully saturated rings. The van der Waals surface area contributed by atoms with Crippen LogP contribution in [0.4, 0.5) is 16.2 Å². The van der Waals surface area contributed by atoms with Gasteiger partial charge in [0.15, 0.2) is 5.76 Å². The standard InChI is InChI=1S/C20H19N3O4/c1-26-17-10-4-14(5-11-17)13-21-20(25)23-16-8-6-15(7-9-16)22-19(24)18-3-2-12-27-18/h2-12H,13H2,1H3,(H,22,24)(H2,21,23,25). The highest BCUT2D eigenvalue weighted by molar-refractivity contribution is 6.02. The van der Waals surface area contributed by atoms with Crippen LogP contribution in [-0.2, 0) is 6.54 Å². The van der Waals surface area contributed by atoms with Crippen molar-refractivity contribution in [2.45, 2.75) is 6.54 Å². The van der Waals surface area contributed by atoms with Crippen molar-refractivity contribution in [1.82, 2.24) is 5.32 Å². The number of benzene rings is 2. The Kier molecular flexibility index (Phi) is 5.73. The maximum atomic E-state index is 12.0. The number of hydrogen-bond acceptors (Lipinski definition) is 4. The minimum atomic E-state index is -0.335. The molecule has 138 valence electrons. The molecule has 0 radical (unpaired) electrons. The highest BCUT2D eigenvalue weighted by Crippen LogP contribution is 2.15. The van der Waals surface area contributed by atoms with Crippen LogP contribution in [0.2, 0.25) is 0 Å². The van der Waals surface area contributed by atoms with Gasteiger partial charge in [0.1, 0.15) is 5.75 Å². The van der Waals surface area contributed by atoms with Crippen molar-refractivity contribution in [2.24, 2.45) is 0 Å². The van der Waals surface area contributed by atoms with Gasteiger partial charge >= 0.3 is 6.03 Å². The summed E-state index contributed by atoms with van der Waals surface area (Å²) < 4.78 is 10.1. The Labute approximate surface area is 156 Å². The Morgan fingerprint density at radius 1 is 0.926 bits per heavy atom. The molecule has 0 unspecified atom stereocenters. The maximum Gasteiger partial charge on any atom is 0.319 e. The van der Waals surface area contributed by atoms with Gasteiger partial charge in [-0.2, -0.15) is 0 Å². The number of carbonyl (C=O) groups excluding carboxylic acids is 2. The third-order valence-electron chi connectivity index (χ3n) is 3.76. The van der Waals surface area contributed by atoms with Gasteiger partial charge in [0.2, 0.25) is 0 Å². The van der Waals surface area contributed by atoms with Gasteiger partial charge in [-0.1, -0.05) is 12.1 Å². The van der Waals surface area contributed by atoms with E-state index in [0.29, 0.717) is 17.9 Å². The third-order valence-corrected chi connectivity index (χ3v) is 3.76. The zero-order valence-corrected chi connectivity index (χ0v) is 14.7. The molecule has 0 saturated carbocycles. The number of ether oxygens (including phenoxy) is 1. The number of hydrogen-bond donors (Lipinski definition) is 3. The lowest BCUT2D eigenvalue weighted by Crippen LogP contribution is -2.28. The number of furan rings is 1. The molecule has 1 aromatic heterocycles. The number of amides is 3. The average Bonchev–Trinajstić information content (AvgIpc) is 3.23. The molecule has 2 aromatic carbocycles. The van der Waals surface area contributed by atoms with Crippen LogP contribution in [0.1, 0.15) is 16.1 Å². The summed E-state index contributed by atoms with van der Waals surface area (Å²) >= 11 is 0. The molecule has 0 saturated heterocycles. The zero-order chi connectivity index (χ0) is 19.1. The smallest absolute Gasteiger partial charge is 0.319 e. The summed E-state index contributed by atoms with van der Waals surface area (Å²) in [5.41, 5.74) is 2.17. The lowest BCUT2D eigenvalue weighted by Gasteiger charge is -2.09. The van der Waals surface area contributed by atoms with E-state index in [2.05, 4.69) is 16.0 Å². The van der Waals surface area contributed by atoms with Gasteiger partial charge in [0.05, 0.1) is 13.4 Å². The first kappa shape index (κ1) is 18.1. The molecule has 0 aliphatic carbocycles. The quantitative estimate of drug-likeness (QED) is 0.618. The van der Waals surface area contributed by atoms with Crippen LogP contribution >= 0.6 is 0 Å². The van der Waals surface area contributed by atoms with Gasteiger partial charge in [0.25, 0.3) is 5.91 Å². The molecular weight excluding hydrogens is 346 g/mol. The normalized spacial score (nSPS) is 10.1. The Hall–Kier alpha value is -3.74. The van der Waals surface area contributed by atoms with E-state index >= 15 is 0 Å². The first-order valence-corrected chi connectivity index (χ1v) is 8.27. The molecule has 7 heteroatoms. The second-order valence-corrected chi connectivity index (χ2v) is 5.66. The van der Waals surface area contributed by atoms with E-state index in [0.717, 1.165) is 11.3 Å². The molecule has 3 N–H and O–H groups in total. The molecule has 7 nitrogen and oxygen atoms in total. The van der Waals surface area contributed by atoms with Crippen molar-refractivity contribution in [3.05, 3.63) is 78.3 Å². The second kappa shape index (κ2) is 8.57. The van der Waals surface area contributed by atoms with Gasteiger partial charge in [0, 0.05) is 17.9 Å². The monoisotopic (exact) mass is 365 g/mol.